The first-order valence-corrected chi connectivity index (χ1v) is 6.62. The number of anilines is 1. The van der Waals surface area contributed by atoms with E-state index in [1.807, 2.05) is 43.5 Å². The van der Waals surface area contributed by atoms with E-state index in [2.05, 4.69) is 5.10 Å². The second-order valence-electron chi connectivity index (χ2n) is 5.12. The van der Waals surface area contributed by atoms with Crippen LogP contribution < -0.4 is 11.4 Å². The smallest absolute Gasteiger partial charge is 0.332 e. The Labute approximate surface area is 122 Å². The summed E-state index contributed by atoms with van der Waals surface area (Å²) >= 11 is 0. The predicted molar refractivity (Wildman–Crippen MR) is 82.4 cm³/mol. The van der Waals surface area contributed by atoms with Gasteiger partial charge in [-0.3, -0.25) is 9.25 Å². The Hall–Kier alpha value is -2.76. The molecule has 108 valence electrons. The van der Waals surface area contributed by atoms with Crippen LogP contribution in [0.2, 0.25) is 0 Å². The quantitative estimate of drug-likeness (QED) is 0.774. The summed E-state index contributed by atoms with van der Waals surface area (Å²) in [6.07, 6.45) is 1.82. The van der Waals surface area contributed by atoms with Gasteiger partial charge in [0.05, 0.1) is 11.4 Å². The summed E-state index contributed by atoms with van der Waals surface area (Å²) in [7, 11) is 3.55. The van der Waals surface area contributed by atoms with Gasteiger partial charge in [-0.1, -0.05) is 12.1 Å². The van der Waals surface area contributed by atoms with Crippen LogP contribution in [0.1, 0.15) is 5.69 Å². The standard InChI is InChI=1S/C15H17N5O/c1-10-9-18(2)15(21)20(10)12-6-4-11(5-7-12)13-8-14(16)19(3)17-13/h4-9H,16H2,1-3H3. The molecule has 0 spiro atoms. The number of nitrogens with two attached hydrogens (primary N) is 1. The molecule has 3 rings (SSSR count). The molecule has 6 heteroatoms. The van der Waals surface area contributed by atoms with Gasteiger partial charge in [0.1, 0.15) is 5.82 Å². The Morgan fingerprint density at radius 2 is 1.81 bits per heavy atom. The third kappa shape index (κ3) is 2.14. The van der Waals surface area contributed by atoms with Crippen molar-refractivity contribution in [3.05, 3.63) is 52.7 Å². The summed E-state index contributed by atoms with van der Waals surface area (Å²) < 4.78 is 4.88. The van der Waals surface area contributed by atoms with Crippen molar-refractivity contribution in [1.82, 2.24) is 18.9 Å². The van der Waals surface area contributed by atoms with Gasteiger partial charge in [-0.2, -0.15) is 5.10 Å². The highest BCUT2D eigenvalue weighted by molar-refractivity contribution is 5.63. The van der Waals surface area contributed by atoms with Crippen LogP contribution in [0.5, 0.6) is 0 Å². The molecule has 0 aliphatic heterocycles. The fourth-order valence-corrected chi connectivity index (χ4v) is 2.42. The van der Waals surface area contributed by atoms with Gasteiger partial charge in [-0.25, -0.2) is 4.79 Å². The zero-order valence-electron chi connectivity index (χ0n) is 12.2. The molecule has 2 N–H and O–H groups in total. The number of nitrogens with zero attached hydrogens (tertiary/aromatic N) is 4. The van der Waals surface area contributed by atoms with Gasteiger partial charge < -0.3 is 10.3 Å². The summed E-state index contributed by atoms with van der Waals surface area (Å²) in [5.41, 5.74) is 9.26. The lowest BCUT2D eigenvalue weighted by molar-refractivity contribution is 0.782. The third-order valence-corrected chi connectivity index (χ3v) is 3.56. The number of nitrogen functional groups attached to an aromatic ring is 1. The molecule has 21 heavy (non-hydrogen) atoms. The highest BCUT2D eigenvalue weighted by Gasteiger charge is 2.09. The number of hydrogen-bond donors (Lipinski definition) is 1. The first-order chi connectivity index (χ1) is 9.97. The Balaban J connectivity index is 2.03. The van der Waals surface area contributed by atoms with Crippen LogP contribution in [0.4, 0.5) is 5.82 Å². The van der Waals surface area contributed by atoms with Gasteiger partial charge in [0.25, 0.3) is 0 Å². The van der Waals surface area contributed by atoms with Crippen molar-refractivity contribution in [3.63, 3.8) is 0 Å². The second kappa shape index (κ2) is 4.66. The monoisotopic (exact) mass is 283 g/mol. The lowest BCUT2D eigenvalue weighted by Gasteiger charge is -2.05. The van der Waals surface area contributed by atoms with E-state index in [9.17, 15) is 4.79 Å². The van der Waals surface area contributed by atoms with Gasteiger partial charge in [-0.15, -0.1) is 0 Å². The van der Waals surface area contributed by atoms with Gasteiger partial charge in [-0.05, 0) is 19.1 Å². The van der Waals surface area contributed by atoms with Crippen LogP contribution in [-0.4, -0.2) is 18.9 Å². The summed E-state index contributed by atoms with van der Waals surface area (Å²) in [4.78, 5) is 12.1. The number of aromatic nitrogens is 4. The van der Waals surface area contributed by atoms with Gasteiger partial charge in [0.15, 0.2) is 0 Å². The molecule has 2 heterocycles. The van der Waals surface area contributed by atoms with Crippen molar-refractivity contribution in [2.45, 2.75) is 6.92 Å². The van der Waals surface area contributed by atoms with Gasteiger partial charge >= 0.3 is 5.69 Å². The second-order valence-corrected chi connectivity index (χ2v) is 5.12. The molecule has 1 aromatic carbocycles. The third-order valence-electron chi connectivity index (χ3n) is 3.56. The fourth-order valence-electron chi connectivity index (χ4n) is 2.42. The zero-order chi connectivity index (χ0) is 15.1. The summed E-state index contributed by atoms with van der Waals surface area (Å²) in [5.74, 6) is 0.615. The minimum Gasteiger partial charge on any atom is -0.384 e. The molecule has 6 nitrogen and oxygen atoms in total. The lowest BCUT2D eigenvalue weighted by atomic mass is 10.1. The number of hydrogen-bond acceptors (Lipinski definition) is 3. The largest absolute Gasteiger partial charge is 0.384 e. The van der Waals surface area contributed by atoms with E-state index in [4.69, 9.17) is 5.73 Å². The zero-order valence-corrected chi connectivity index (χ0v) is 12.2. The molecule has 0 atom stereocenters. The minimum atomic E-state index is -0.0534. The molecule has 0 aliphatic rings. The van der Waals surface area contributed by atoms with Crippen LogP contribution in [0.15, 0.2) is 41.3 Å². The van der Waals surface area contributed by atoms with Crippen LogP contribution in [-0.2, 0) is 14.1 Å². The molecule has 0 bridgehead atoms. The first kappa shape index (κ1) is 13.2. The Morgan fingerprint density at radius 3 is 2.29 bits per heavy atom. The molecule has 0 aliphatic carbocycles. The Bertz CT molecular complexity index is 832. The van der Waals surface area contributed by atoms with Crippen molar-refractivity contribution in [2.75, 3.05) is 5.73 Å². The van der Waals surface area contributed by atoms with Crippen LogP contribution in [0.25, 0.3) is 16.9 Å². The SMILES string of the molecule is Cc1cn(C)c(=O)n1-c1ccc(-c2cc(N)n(C)n2)cc1. The molecule has 3 aromatic rings. The van der Waals surface area contributed by atoms with Crippen molar-refractivity contribution in [3.8, 4) is 16.9 Å². The maximum Gasteiger partial charge on any atom is 0.332 e. The molecule has 0 saturated heterocycles. The number of imidazole rings is 1. The number of benzene rings is 1. The molecule has 0 saturated carbocycles. The average molecular weight is 283 g/mol. The van der Waals surface area contributed by atoms with Crippen molar-refractivity contribution >= 4 is 5.82 Å². The topological polar surface area (TPSA) is 70.8 Å². The van der Waals surface area contributed by atoms with E-state index >= 15 is 0 Å². The predicted octanol–water partition coefficient (Wildman–Crippen LogP) is 1.47. The molecular weight excluding hydrogens is 266 g/mol. The summed E-state index contributed by atoms with van der Waals surface area (Å²) in [6, 6.07) is 9.53. The highest BCUT2D eigenvalue weighted by Crippen LogP contribution is 2.21. The van der Waals surface area contributed by atoms with Gasteiger partial charge in [0, 0.05) is 37.6 Å². The maximum atomic E-state index is 12.1. The van der Waals surface area contributed by atoms with E-state index in [1.165, 1.54) is 0 Å². The normalized spacial score (nSPS) is 11.0. The Morgan fingerprint density at radius 1 is 1.14 bits per heavy atom. The van der Waals surface area contributed by atoms with Crippen LogP contribution in [0.3, 0.4) is 0 Å². The average Bonchev–Trinajstić information content (AvgIpc) is 2.91. The molecule has 0 amide bonds. The molecule has 2 aromatic heterocycles. The molecule has 0 radical (unpaired) electrons. The van der Waals surface area contributed by atoms with Crippen LogP contribution >= 0.6 is 0 Å². The lowest BCUT2D eigenvalue weighted by Crippen LogP contribution is -2.21. The van der Waals surface area contributed by atoms with E-state index in [0.717, 1.165) is 22.6 Å². The van der Waals surface area contributed by atoms with Gasteiger partial charge in [0.2, 0.25) is 0 Å². The van der Waals surface area contributed by atoms with E-state index in [-0.39, 0.29) is 5.69 Å². The first-order valence-electron chi connectivity index (χ1n) is 6.62. The van der Waals surface area contributed by atoms with Crippen molar-refractivity contribution in [2.24, 2.45) is 14.1 Å². The van der Waals surface area contributed by atoms with E-state index in [1.54, 1.807) is 27.9 Å². The van der Waals surface area contributed by atoms with Crippen LogP contribution in [0, 0.1) is 6.92 Å². The van der Waals surface area contributed by atoms with E-state index in [0.29, 0.717) is 5.82 Å². The Kier molecular flexibility index (Phi) is 2.94. The molecule has 0 unspecified atom stereocenters. The minimum absolute atomic E-state index is 0.0534. The van der Waals surface area contributed by atoms with Crippen molar-refractivity contribution in [1.29, 1.82) is 0 Å². The fraction of sp³-hybridized carbons (Fsp3) is 0.200. The number of rotatable bonds is 2. The van der Waals surface area contributed by atoms with Crippen molar-refractivity contribution < 1.29 is 0 Å². The molecular formula is C15H17N5O. The number of aryl methyl sites for hydroxylation is 3. The summed E-state index contributed by atoms with van der Waals surface area (Å²) in [5, 5.41) is 4.34. The highest BCUT2D eigenvalue weighted by atomic mass is 16.1. The summed E-state index contributed by atoms with van der Waals surface area (Å²) in [6.45, 7) is 1.91. The molecule has 0 fully saturated rings. The van der Waals surface area contributed by atoms with E-state index < -0.39 is 0 Å². The maximum absolute atomic E-state index is 12.1.